The lowest BCUT2D eigenvalue weighted by Gasteiger charge is -2.08. The topological polar surface area (TPSA) is 76.0 Å². The van der Waals surface area contributed by atoms with Crippen molar-refractivity contribution in [2.75, 3.05) is 6.79 Å². The van der Waals surface area contributed by atoms with Crippen molar-refractivity contribution in [2.24, 2.45) is 0 Å². The summed E-state index contributed by atoms with van der Waals surface area (Å²) in [6.45, 7) is 0.454. The number of ether oxygens (including phenoxy) is 1. The third kappa shape index (κ3) is 6.45. The predicted octanol–water partition coefficient (Wildman–Crippen LogP) is 0.289. The second kappa shape index (κ2) is 4.69. The van der Waals surface area contributed by atoms with Gasteiger partial charge in [-0.25, -0.2) is 4.79 Å². The summed E-state index contributed by atoms with van der Waals surface area (Å²) in [7, 11) is 0. The number of rotatable bonds is 4. The van der Waals surface area contributed by atoms with E-state index in [1.165, 1.54) is 6.92 Å². The van der Waals surface area contributed by atoms with Crippen molar-refractivity contribution in [2.45, 2.75) is 6.92 Å². The predicted molar refractivity (Wildman–Crippen MR) is 45.6 cm³/mol. The third-order valence-electron chi connectivity index (χ3n) is 0.759. The second-order valence-corrected chi connectivity index (χ2v) is 4.62. The Hall–Kier alpha value is -0.260. The van der Waals surface area contributed by atoms with Crippen LogP contribution < -0.4 is 0 Å². The average Bonchev–Trinajstić information content (AvgIpc) is 1.84. The van der Waals surface area contributed by atoms with Crippen molar-refractivity contribution in [1.82, 2.24) is 0 Å². The van der Waals surface area contributed by atoms with Crippen LogP contribution in [-0.4, -0.2) is 22.5 Å². The molecule has 0 saturated carbocycles. The Morgan fingerprint density at radius 3 is 2.50 bits per heavy atom. The first-order valence-corrected chi connectivity index (χ1v) is 5.48. The maximum Gasteiger partial charge on any atom is 0.335 e. The lowest BCUT2D eigenvalue weighted by Crippen LogP contribution is -2.07. The van der Waals surface area contributed by atoms with E-state index in [2.05, 4.69) is 27.6 Å². The molecule has 0 aliphatic rings. The van der Waals surface area contributed by atoms with Gasteiger partial charge < -0.3 is 14.5 Å². The Labute approximate surface area is 74.9 Å². The molecular formula is C5H9O5PS. The van der Waals surface area contributed by atoms with E-state index in [0.717, 1.165) is 0 Å². The first-order chi connectivity index (χ1) is 5.33. The largest absolute Gasteiger partial charge is 0.435 e. The minimum Gasteiger partial charge on any atom is -0.435 e. The number of esters is 1. The Morgan fingerprint density at radius 2 is 2.17 bits per heavy atom. The summed E-state index contributed by atoms with van der Waals surface area (Å²) in [5.74, 6) is -0.668. The van der Waals surface area contributed by atoms with E-state index in [1.807, 2.05) is 0 Å². The highest BCUT2D eigenvalue weighted by atomic mass is 32.5. The quantitative estimate of drug-likeness (QED) is 0.302. The molecule has 0 radical (unpaired) electrons. The van der Waals surface area contributed by atoms with Crippen LogP contribution in [0, 0.1) is 0 Å². The van der Waals surface area contributed by atoms with Gasteiger partial charge in [-0.2, -0.15) is 0 Å². The molecule has 0 spiro atoms. The van der Waals surface area contributed by atoms with Crippen LogP contribution in [0.3, 0.4) is 0 Å². The van der Waals surface area contributed by atoms with Gasteiger partial charge >= 0.3 is 12.7 Å². The van der Waals surface area contributed by atoms with E-state index in [0.29, 0.717) is 0 Å². The Kier molecular flexibility index (Phi) is 4.59. The van der Waals surface area contributed by atoms with E-state index in [1.54, 1.807) is 0 Å². The molecule has 0 fully saturated rings. The summed E-state index contributed by atoms with van der Waals surface area (Å²) in [5.41, 5.74) is 0.197. The zero-order valence-corrected chi connectivity index (χ0v) is 8.10. The van der Waals surface area contributed by atoms with Gasteiger partial charge in [0.2, 0.25) is 6.79 Å². The maximum absolute atomic E-state index is 10.6. The van der Waals surface area contributed by atoms with Crippen LogP contribution in [0.25, 0.3) is 0 Å². The highest BCUT2D eigenvalue weighted by molar-refractivity contribution is 8.06. The molecule has 0 aliphatic carbocycles. The smallest absolute Gasteiger partial charge is 0.335 e. The van der Waals surface area contributed by atoms with E-state index >= 15 is 0 Å². The normalized spacial score (nSPS) is 10.9. The van der Waals surface area contributed by atoms with Crippen LogP contribution in [0.15, 0.2) is 12.2 Å². The molecule has 0 rings (SSSR count). The molecule has 0 amide bonds. The molecule has 12 heavy (non-hydrogen) atoms. The minimum absolute atomic E-state index is 0.197. The van der Waals surface area contributed by atoms with Crippen molar-refractivity contribution in [1.29, 1.82) is 0 Å². The first kappa shape index (κ1) is 11.7. The van der Waals surface area contributed by atoms with Crippen LogP contribution in [0.5, 0.6) is 0 Å². The second-order valence-electron chi connectivity index (χ2n) is 1.95. The maximum atomic E-state index is 10.6. The van der Waals surface area contributed by atoms with Crippen LogP contribution >= 0.6 is 6.72 Å². The molecule has 0 unspecified atom stereocenters. The van der Waals surface area contributed by atoms with Crippen LogP contribution in [-0.2, 0) is 25.9 Å². The molecule has 0 aliphatic heterocycles. The molecule has 7 heteroatoms. The molecule has 0 aromatic carbocycles. The van der Waals surface area contributed by atoms with Gasteiger partial charge in [0.15, 0.2) is 0 Å². The zero-order chi connectivity index (χ0) is 9.78. The first-order valence-electron chi connectivity index (χ1n) is 2.85. The number of carbonyl (C=O) groups excluding carboxylic acids is 1. The minimum atomic E-state index is -3.73. The molecule has 70 valence electrons. The Balaban J connectivity index is 3.65. The Morgan fingerprint density at radius 1 is 1.67 bits per heavy atom. The monoisotopic (exact) mass is 212 g/mol. The number of hydrogen-bond donors (Lipinski definition) is 2. The molecule has 0 atom stereocenters. The van der Waals surface area contributed by atoms with Crippen LogP contribution in [0.1, 0.15) is 6.92 Å². The van der Waals surface area contributed by atoms with Crippen LogP contribution in [0.2, 0.25) is 0 Å². The molecule has 0 aromatic rings. The molecular weight excluding hydrogens is 203 g/mol. The highest BCUT2D eigenvalue weighted by Gasteiger charge is 2.09. The van der Waals surface area contributed by atoms with Gasteiger partial charge in [-0.1, -0.05) is 6.58 Å². The third-order valence-corrected chi connectivity index (χ3v) is 1.52. The molecule has 0 saturated heterocycles. The van der Waals surface area contributed by atoms with Crippen LogP contribution in [0.4, 0.5) is 0 Å². The van der Waals surface area contributed by atoms with Crippen molar-refractivity contribution < 1.29 is 23.8 Å². The van der Waals surface area contributed by atoms with Crippen molar-refractivity contribution in [3.8, 4) is 0 Å². The van der Waals surface area contributed by atoms with Gasteiger partial charge in [-0.3, -0.25) is 4.52 Å². The number of carbonyl (C=O) groups is 1. The summed E-state index contributed by atoms with van der Waals surface area (Å²) < 4.78 is 8.56. The van der Waals surface area contributed by atoms with Crippen molar-refractivity contribution in [3.63, 3.8) is 0 Å². The average molecular weight is 212 g/mol. The lowest BCUT2D eigenvalue weighted by molar-refractivity contribution is -0.145. The summed E-state index contributed by atoms with van der Waals surface area (Å²) in [5, 5.41) is 0. The molecule has 0 bridgehead atoms. The van der Waals surface area contributed by atoms with E-state index in [-0.39, 0.29) is 5.57 Å². The van der Waals surface area contributed by atoms with E-state index in [9.17, 15) is 4.79 Å². The SMILES string of the molecule is C=C(C)C(=O)OCOP(O)(O)=S. The molecule has 5 nitrogen and oxygen atoms in total. The van der Waals surface area contributed by atoms with Crippen molar-refractivity contribution >= 4 is 24.5 Å². The van der Waals surface area contributed by atoms with E-state index < -0.39 is 19.5 Å². The van der Waals surface area contributed by atoms with E-state index in [4.69, 9.17) is 9.79 Å². The fraction of sp³-hybridized carbons (Fsp3) is 0.400. The molecule has 0 aromatic heterocycles. The summed E-state index contributed by atoms with van der Waals surface area (Å²) in [4.78, 5) is 27.7. The standard InChI is InChI=1S/C5H9O5PS/c1-4(2)5(6)9-3-10-11(7,8)12/h1,3H2,2H3,(H2,7,8,12). The number of hydrogen-bond acceptors (Lipinski definition) is 4. The van der Waals surface area contributed by atoms with Gasteiger partial charge in [-0.05, 0) is 18.7 Å². The lowest BCUT2D eigenvalue weighted by atomic mass is 10.4. The summed E-state index contributed by atoms with van der Waals surface area (Å²) in [6.07, 6.45) is 0. The summed E-state index contributed by atoms with van der Waals surface area (Å²) >= 11 is 4.09. The van der Waals surface area contributed by atoms with Gasteiger partial charge in [0.05, 0.1) is 0 Å². The summed E-state index contributed by atoms with van der Waals surface area (Å²) in [6, 6.07) is 0. The molecule has 0 heterocycles. The van der Waals surface area contributed by atoms with Gasteiger partial charge in [0, 0.05) is 5.57 Å². The van der Waals surface area contributed by atoms with Gasteiger partial charge in [0.1, 0.15) is 0 Å². The molecule has 2 N–H and O–H groups in total. The van der Waals surface area contributed by atoms with Gasteiger partial charge in [-0.15, -0.1) is 0 Å². The van der Waals surface area contributed by atoms with Gasteiger partial charge in [0.25, 0.3) is 0 Å². The fourth-order valence-electron chi connectivity index (χ4n) is 0.272. The fourth-order valence-corrected chi connectivity index (χ4v) is 0.591. The van der Waals surface area contributed by atoms with Crippen molar-refractivity contribution in [3.05, 3.63) is 12.2 Å². The highest BCUT2D eigenvalue weighted by Crippen LogP contribution is 2.35. The Bertz CT molecular complexity index is 232. The zero-order valence-electron chi connectivity index (χ0n) is 6.39.